The molecule has 0 aliphatic carbocycles. The number of nitrogens with two attached hydrogens (primary N) is 1. The van der Waals surface area contributed by atoms with Crippen LogP contribution < -0.4 is 15.8 Å². The number of carbonyl (C=O) groups is 2. The maximum Gasteiger partial charge on any atom is 0.325 e. The molecular formula is C22H25N5O6S. The van der Waals surface area contributed by atoms with Crippen molar-refractivity contribution in [1.29, 1.82) is 5.41 Å². The molecule has 0 radical (unpaired) electrons. The summed E-state index contributed by atoms with van der Waals surface area (Å²) in [5.74, 6) is -1.32. The normalized spacial score (nSPS) is 16.1. The fourth-order valence-electron chi connectivity index (χ4n) is 3.22. The number of sulfonamides is 1. The van der Waals surface area contributed by atoms with E-state index in [0.717, 1.165) is 12.7 Å². The SMILES string of the molecule is COC(=O)[C@H](CNC(=O)C[C@H]1CC(c2ccc(C(=N)N)cc2)=NO1)NS(=O)(=O)c1ccccc1. The van der Waals surface area contributed by atoms with Crippen LogP contribution in [-0.4, -0.2) is 57.6 Å². The predicted molar refractivity (Wildman–Crippen MR) is 124 cm³/mol. The fourth-order valence-corrected chi connectivity index (χ4v) is 4.42. The van der Waals surface area contributed by atoms with Gasteiger partial charge in [-0.2, -0.15) is 4.72 Å². The molecule has 2 atom stereocenters. The number of methoxy groups -OCH3 is 1. The second kappa shape index (κ2) is 10.9. The van der Waals surface area contributed by atoms with Crippen LogP contribution in [0.25, 0.3) is 0 Å². The van der Waals surface area contributed by atoms with Crippen LogP contribution in [0.1, 0.15) is 24.0 Å². The lowest BCUT2D eigenvalue weighted by atomic mass is 10.0. The highest BCUT2D eigenvalue weighted by Crippen LogP contribution is 2.19. The second-order valence-electron chi connectivity index (χ2n) is 7.48. The molecule has 0 aromatic heterocycles. The minimum absolute atomic E-state index is 0.0180. The van der Waals surface area contributed by atoms with Gasteiger partial charge in [-0.3, -0.25) is 15.0 Å². The highest BCUT2D eigenvalue weighted by atomic mass is 32.2. The van der Waals surface area contributed by atoms with E-state index in [4.69, 9.17) is 16.0 Å². The number of oxime groups is 1. The van der Waals surface area contributed by atoms with Crippen molar-refractivity contribution in [2.75, 3.05) is 13.7 Å². The number of rotatable bonds is 10. The number of nitrogen functional groups attached to an aromatic ring is 1. The first-order valence-corrected chi connectivity index (χ1v) is 11.8. The molecule has 1 aliphatic heterocycles. The standard InChI is InChI=1S/C22H25N5O6S/c1-32-22(29)19(27-34(30,31)17-5-3-2-4-6-17)13-25-20(28)12-16-11-18(26-33-16)14-7-9-15(10-8-14)21(23)24/h2-10,16,19,27H,11-13H2,1H3,(H3,23,24)(H,25,28)/t16-,19+/m1/s1. The quantitative estimate of drug-likeness (QED) is 0.214. The van der Waals surface area contributed by atoms with Crippen LogP contribution in [0.5, 0.6) is 0 Å². The van der Waals surface area contributed by atoms with Crippen LogP contribution in [-0.2, 0) is 29.2 Å². The minimum Gasteiger partial charge on any atom is -0.468 e. The largest absolute Gasteiger partial charge is 0.468 e. The first-order chi connectivity index (χ1) is 16.2. The molecule has 34 heavy (non-hydrogen) atoms. The van der Waals surface area contributed by atoms with Crippen LogP contribution >= 0.6 is 0 Å². The number of nitrogens with zero attached hydrogens (tertiary/aromatic N) is 1. The third-order valence-electron chi connectivity index (χ3n) is 5.02. The van der Waals surface area contributed by atoms with Gasteiger partial charge in [0.15, 0.2) is 0 Å². The lowest BCUT2D eigenvalue weighted by molar-refractivity contribution is -0.142. The Morgan fingerprint density at radius 3 is 2.50 bits per heavy atom. The number of hydrogen-bond donors (Lipinski definition) is 4. The summed E-state index contributed by atoms with van der Waals surface area (Å²) in [6.07, 6.45) is -0.175. The van der Waals surface area contributed by atoms with E-state index in [1.54, 1.807) is 42.5 Å². The lowest BCUT2D eigenvalue weighted by Crippen LogP contribution is -2.49. The average molecular weight is 488 g/mol. The Bertz CT molecular complexity index is 1180. The first kappa shape index (κ1) is 24.9. The summed E-state index contributed by atoms with van der Waals surface area (Å²) < 4.78 is 32.0. The smallest absolute Gasteiger partial charge is 0.325 e. The molecule has 3 rings (SSSR count). The van der Waals surface area contributed by atoms with Crippen LogP contribution in [0.4, 0.5) is 0 Å². The van der Waals surface area contributed by atoms with Crippen molar-refractivity contribution in [2.45, 2.75) is 29.9 Å². The molecule has 11 nitrogen and oxygen atoms in total. The molecule has 0 saturated carbocycles. The van der Waals surface area contributed by atoms with Crippen molar-refractivity contribution in [3.05, 3.63) is 65.7 Å². The third-order valence-corrected chi connectivity index (χ3v) is 6.50. The van der Waals surface area contributed by atoms with Crippen molar-refractivity contribution >= 4 is 33.4 Å². The van der Waals surface area contributed by atoms with E-state index in [1.807, 2.05) is 0 Å². The summed E-state index contributed by atoms with van der Waals surface area (Å²) in [5, 5.41) is 14.0. The Morgan fingerprint density at radius 2 is 1.88 bits per heavy atom. The molecule has 1 heterocycles. The van der Waals surface area contributed by atoms with Crippen LogP contribution in [0, 0.1) is 5.41 Å². The first-order valence-electron chi connectivity index (χ1n) is 10.3. The molecule has 180 valence electrons. The summed E-state index contributed by atoms with van der Waals surface area (Å²) in [4.78, 5) is 29.8. The number of carbonyl (C=O) groups excluding carboxylic acids is 2. The zero-order chi connectivity index (χ0) is 24.7. The highest BCUT2D eigenvalue weighted by molar-refractivity contribution is 7.89. The van der Waals surface area contributed by atoms with E-state index in [1.165, 1.54) is 12.1 Å². The fraction of sp³-hybridized carbons (Fsp3) is 0.273. The molecule has 0 saturated heterocycles. The van der Waals surface area contributed by atoms with Crippen molar-refractivity contribution in [2.24, 2.45) is 10.9 Å². The molecule has 2 aromatic carbocycles. The van der Waals surface area contributed by atoms with E-state index in [9.17, 15) is 18.0 Å². The third kappa shape index (κ3) is 6.39. The predicted octanol–water partition coefficient (Wildman–Crippen LogP) is 0.490. The van der Waals surface area contributed by atoms with E-state index in [0.29, 0.717) is 17.7 Å². The molecule has 5 N–H and O–H groups in total. The summed E-state index contributed by atoms with van der Waals surface area (Å²) in [6, 6.07) is 13.2. The maximum atomic E-state index is 12.5. The van der Waals surface area contributed by atoms with Gasteiger partial charge >= 0.3 is 5.97 Å². The van der Waals surface area contributed by atoms with Gasteiger partial charge in [0.05, 0.1) is 24.1 Å². The Balaban J connectivity index is 1.53. The zero-order valence-electron chi connectivity index (χ0n) is 18.4. The molecule has 2 aromatic rings. The molecule has 0 bridgehead atoms. The van der Waals surface area contributed by atoms with Gasteiger partial charge in [-0.05, 0) is 17.7 Å². The summed E-state index contributed by atoms with van der Waals surface area (Å²) in [6.45, 7) is -0.301. The maximum absolute atomic E-state index is 12.5. The van der Waals surface area contributed by atoms with Gasteiger partial charge in [-0.25, -0.2) is 8.42 Å². The Morgan fingerprint density at radius 1 is 1.21 bits per heavy atom. The Labute approximate surface area is 196 Å². The van der Waals surface area contributed by atoms with Crippen LogP contribution in [0.2, 0.25) is 0 Å². The van der Waals surface area contributed by atoms with Gasteiger partial charge in [0.2, 0.25) is 15.9 Å². The van der Waals surface area contributed by atoms with Gasteiger partial charge in [0, 0.05) is 18.5 Å². The number of nitrogens with one attached hydrogen (secondary N) is 3. The van der Waals surface area contributed by atoms with E-state index < -0.39 is 34.0 Å². The van der Waals surface area contributed by atoms with Crippen molar-refractivity contribution in [3.63, 3.8) is 0 Å². The lowest BCUT2D eigenvalue weighted by Gasteiger charge is -2.18. The molecule has 0 unspecified atom stereocenters. The number of esters is 1. The number of benzene rings is 2. The van der Waals surface area contributed by atoms with Crippen molar-refractivity contribution in [3.8, 4) is 0 Å². The van der Waals surface area contributed by atoms with Gasteiger partial charge < -0.3 is 20.6 Å². The topological polar surface area (TPSA) is 173 Å². The molecule has 0 fully saturated rings. The van der Waals surface area contributed by atoms with Gasteiger partial charge in [0.25, 0.3) is 0 Å². The van der Waals surface area contributed by atoms with Crippen LogP contribution in [0.3, 0.4) is 0 Å². The summed E-state index contributed by atoms with van der Waals surface area (Å²) in [5.41, 5.74) is 7.47. The van der Waals surface area contributed by atoms with E-state index >= 15 is 0 Å². The molecule has 1 aliphatic rings. The van der Waals surface area contributed by atoms with Crippen LogP contribution in [0.15, 0.2) is 64.6 Å². The van der Waals surface area contributed by atoms with Crippen molar-refractivity contribution < 1.29 is 27.6 Å². The molecule has 1 amide bonds. The molecular weight excluding hydrogens is 462 g/mol. The monoisotopic (exact) mass is 487 g/mol. The number of amides is 1. The Kier molecular flexibility index (Phi) is 7.97. The number of ether oxygens (including phenoxy) is 1. The summed E-state index contributed by atoms with van der Waals surface area (Å²) >= 11 is 0. The van der Waals surface area contributed by atoms with Gasteiger partial charge in [-0.15, -0.1) is 0 Å². The zero-order valence-corrected chi connectivity index (χ0v) is 19.2. The summed E-state index contributed by atoms with van der Waals surface area (Å²) in [7, 11) is -2.87. The Hall–Kier alpha value is -3.77. The molecule has 0 spiro atoms. The van der Waals surface area contributed by atoms with Crippen molar-refractivity contribution in [1.82, 2.24) is 10.0 Å². The number of amidine groups is 1. The van der Waals surface area contributed by atoms with Gasteiger partial charge in [0.1, 0.15) is 18.0 Å². The average Bonchev–Trinajstić information content (AvgIpc) is 3.30. The second-order valence-corrected chi connectivity index (χ2v) is 9.19. The molecule has 12 heteroatoms. The van der Waals surface area contributed by atoms with Gasteiger partial charge in [-0.1, -0.05) is 47.6 Å². The highest BCUT2D eigenvalue weighted by Gasteiger charge is 2.29. The van der Waals surface area contributed by atoms with E-state index in [2.05, 4.69) is 19.9 Å². The minimum atomic E-state index is -4.00. The number of hydrogen-bond acceptors (Lipinski definition) is 8. The van der Waals surface area contributed by atoms with E-state index in [-0.39, 0.29) is 23.7 Å².